The Balaban J connectivity index is 1.77. The fourth-order valence-electron chi connectivity index (χ4n) is 2.64. The highest BCUT2D eigenvalue weighted by atomic mass is 15.8. The van der Waals surface area contributed by atoms with Gasteiger partial charge in [-0.05, 0) is 43.4 Å². The predicted octanol–water partition coefficient (Wildman–Crippen LogP) is 0.892. The molecule has 2 aliphatic rings. The number of hydrogen-bond acceptors (Lipinski definition) is 4. The van der Waals surface area contributed by atoms with E-state index in [0.29, 0.717) is 6.17 Å². The van der Waals surface area contributed by atoms with E-state index < -0.39 is 0 Å². The summed E-state index contributed by atoms with van der Waals surface area (Å²) in [5.41, 5.74) is 12.2. The summed E-state index contributed by atoms with van der Waals surface area (Å²) in [5, 5.41) is 0. The van der Waals surface area contributed by atoms with Gasteiger partial charge < -0.3 is 0 Å². The zero-order chi connectivity index (χ0) is 9.97. The molecule has 2 fully saturated rings. The van der Waals surface area contributed by atoms with Crippen molar-refractivity contribution in [3.63, 3.8) is 0 Å². The quantitative estimate of drug-likeness (QED) is 0.532. The van der Waals surface area contributed by atoms with E-state index in [1.54, 1.807) is 0 Å². The molecule has 1 aliphatic heterocycles. The van der Waals surface area contributed by atoms with E-state index in [2.05, 4.69) is 35.8 Å². The molecule has 4 nitrogen and oxygen atoms in total. The lowest BCUT2D eigenvalue weighted by Gasteiger charge is -2.33. The molecule has 0 radical (unpaired) electrons. The minimum Gasteiger partial charge on any atom is -0.225 e. The van der Waals surface area contributed by atoms with Crippen molar-refractivity contribution in [1.29, 1.82) is 0 Å². The third kappa shape index (κ3) is 2.25. The number of nitrogens with one attached hydrogen (secondary N) is 4. The molecule has 0 amide bonds. The minimum absolute atomic E-state index is 0.406. The molecule has 0 spiro atoms. The second-order valence-electron chi connectivity index (χ2n) is 4.94. The normalized spacial score (nSPS) is 35.4. The first kappa shape index (κ1) is 10.4. The summed E-state index contributed by atoms with van der Waals surface area (Å²) < 4.78 is 0. The van der Waals surface area contributed by atoms with Gasteiger partial charge in [0.15, 0.2) is 0 Å². The van der Waals surface area contributed by atoms with Crippen LogP contribution in [-0.4, -0.2) is 6.17 Å². The maximum Gasteiger partial charge on any atom is 0.0887 e. The van der Waals surface area contributed by atoms with Crippen molar-refractivity contribution in [2.24, 2.45) is 17.8 Å². The van der Waals surface area contributed by atoms with Crippen LogP contribution in [0.15, 0.2) is 0 Å². The van der Waals surface area contributed by atoms with Gasteiger partial charge >= 0.3 is 0 Å². The third-order valence-electron chi connectivity index (χ3n) is 3.75. The number of hydrazine groups is 3. The molecule has 4 N–H and O–H groups in total. The maximum absolute atomic E-state index is 3.20. The second kappa shape index (κ2) is 4.57. The second-order valence-corrected chi connectivity index (χ2v) is 4.94. The fraction of sp³-hybridized carbons (Fsp3) is 1.00. The van der Waals surface area contributed by atoms with Crippen LogP contribution in [0.25, 0.3) is 0 Å². The highest BCUT2D eigenvalue weighted by molar-refractivity contribution is 4.81. The van der Waals surface area contributed by atoms with Crippen LogP contribution in [0.2, 0.25) is 0 Å². The smallest absolute Gasteiger partial charge is 0.0887 e. The molecule has 0 aromatic rings. The van der Waals surface area contributed by atoms with Crippen molar-refractivity contribution in [2.75, 3.05) is 0 Å². The van der Waals surface area contributed by atoms with Crippen molar-refractivity contribution in [1.82, 2.24) is 21.9 Å². The van der Waals surface area contributed by atoms with E-state index in [4.69, 9.17) is 0 Å². The lowest BCUT2D eigenvalue weighted by atomic mass is 9.76. The predicted molar refractivity (Wildman–Crippen MR) is 56.6 cm³/mol. The van der Waals surface area contributed by atoms with Crippen LogP contribution in [0.3, 0.4) is 0 Å². The third-order valence-corrected chi connectivity index (χ3v) is 3.75. The molecular formula is C10H22N4. The van der Waals surface area contributed by atoms with Crippen LogP contribution in [-0.2, 0) is 0 Å². The SMILES string of the molecule is CC(C)C1CCC(C2NNNN2)CC1. The fourth-order valence-corrected chi connectivity index (χ4v) is 2.64. The molecule has 1 saturated carbocycles. The summed E-state index contributed by atoms with van der Waals surface area (Å²) in [6, 6.07) is 0. The first-order valence-electron chi connectivity index (χ1n) is 5.78. The van der Waals surface area contributed by atoms with E-state index in [1.807, 2.05) is 0 Å². The summed E-state index contributed by atoms with van der Waals surface area (Å²) in [7, 11) is 0. The van der Waals surface area contributed by atoms with Crippen LogP contribution < -0.4 is 21.9 Å². The molecule has 4 heteroatoms. The van der Waals surface area contributed by atoms with E-state index in [-0.39, 0.29) is 0 Å². The molecule has 0 bridgehead atoms. The molecule has 0 aromatic heterocycles. The largest absolute Gasteiger partial charge is 0.225 e. The molecule has 1 saturated heterocycles. The molecule has 0 unspecified atom stereocenters. The molecule has 14 heavy (non-hydrogen) atoms. The van der Waals surface area contributed by atoms with E-state index in [0.717, 1.165) is 17.8 Å². The van der Waals surface area contributed by atoms with Crippen LogP contribution in [0.1, 0.15) is 39.5 Å². The lowest BCUT2D eigenvalue weighted by Crippen LogP contribution is -2.42. The van der Waals surface area contributed by atoms with Gasteiger partial charge in [-0.1, -0.05) is 13.8 Å². The van der Waals surface area contributed by atoms with Gasteiger partial charge in [0.05, 0.1) is 6.17 Å². The van der Waals surface area contributed by atoms with Gasteiger partial charge in [-0.25, -0.2) is 10.9 Å². The van der Waals surface area contributed by atoms with Gasteiger partial charge in [-0.3, -0.25) is 0 Å². The average molecular weight is 198 g/mol. The summed E-state index contributed by atoms with van der Waals surface area (Å²) >= 11 is 0. The summed E-state index contributed by atoms with van der Waals surface area (Å²) in [5.74, 6) is 2.58. The molecule has 0 atom stereocenters. The lowest BCUT2D eigenvalue weighted by molar-refractivity contribution is 0.185. The van der Waals surface area contributed by atoms with Gasteiger partial charge in [0.1, 0.15) is 0 Å². The van der Waals surface area contributed by atoms with Crippen molar-refractivity contribution in [3.05, 3.63) is 0 Å². The Morgan fingerprint density at radius 3 is 2.00 bits per heavy atom. The number of rotatable bonds is 2. The molecule has 1 heterocycles. The summed E-state index contributed by atoms with van der Waals surface area (Å²) in [6.45, 7) is 4.69. The van der Waals surface area contributed by atoms with Crippen LogP contribution in [0, 0.1) is 17.8 Å². The minimum atomic E-state index is 0.406. The zero-order valence-corrected chi connectivity index (χ0v) is 9.14. The Morgan fingerprint density at radius 1 is 0.929 bits per heavy atom. The van der Waals surface area contributed by atoms with Crippen molar-refractivity contribution in [3.8, 4) is 0 Å². The molecule has 2 rings (SSSR count). The highest BCUT2D eigenvalue weighted by Gasteiger charge is 2.29. The van der Waals surface area contributed by atoms with E-state index in [9.17, 15) is 0 Å². The summed E-state index contributed by atoms with van der Waals surface area (Å²) in [4.78, 5) is 0. The van der Waals surface area contributed by atoms with E-state index in [1.165, 1.54) is 25.7 Å². The Morgan fingerprint density at radius 2 is 1.50 bits per heavy atom. The highest BCUT2D eigenvalue weighted by Crippen LogP contribution is 2.34. The molecular weight excluding hydrogens is 176 g/mol. The maximum atomic E-state index is 3.20. The average Bonchev–Trinajstić information content (AvgIpc) is 2.71. The Kier molecular flexibility index (Phi) is 3.38. The van der Waals surface area contributed by atoms with Gasteiger partial charge in [-0.2, -0.15) is 11.1 Å². The summed E-state index contributed by atoms with van der Waals surface area (Å²) in [6.07, 6.45) is 5.88. The Labute approximate surface area is 86.1 Å². The van der Waals surface area contributed by atoms with Crippen LogP contribution in [0.4, 0.5) is 0 Å². The Hall–Kier alpha value is -0.160. The van der Waals surface area contributed by atoms with Gasteiger partial charge in [-0.15, -0.1) is 0 Å². The Bertz CT molecular complexity index is 169. The van der Waals surface area contributed by atoms with Crippen molar-refractivity contribution >= 4 is 0 Å². The molecule has 0 aromatic carbocycles. The first-order chi connectivity index (χ1) is 6.77. The standard InChI is InChI=1S/C10H22N4/c1-7(2)8-3-5-9(6-4-8)10-11-13-14-12-10/h7-14H,3-6H2,1-2H3. The number of hydrogen-bond donors (Lipinski definition) is 4. The van der Waals surface area contributed by atoms with Gasteiger partial charge in [0, 0.05) is 0 Å². The van der Waals surface area contributed by atoms with Crippen molar-refractivity contribution < 1.29 is 0 Å². The van der Waals surface area contributed by atoms with Crippen LogP contribution in [0.5, 0.6) is 0 Å². The molecule has 82 valence electrons. The topological polar surface area (TPSA) is 48.1 Å². The molecule has 1 aliphatic carbocycles. The monoisotopic (exact) mass is 198 g/mol. The van der Waals surface area contributed by atoms with Crippen LogP contribution >= 0.6 is 0 Å². The van der Waals surface area contributed by atoms with Gasteiger partial charge in [0.2, 0.25) is 0 Å². The van der Waals surface area contributed by atoms with Crippen molar-refractivity contribution in [2.45, 2.75) is 45.7 Å². The zero-order valence-electron chi connectivity index (χ0n) is 9.14. The van der Waals surface area contributed by atoms with E-state index >= 15 is 0 Å². The first-order valence-corrected chi connectivity index (χ1v) is 5.78. The van der Waals surface area contributed by atoms with Gasteiger partial charge in [0.25, 0.3) is 0 Å².